The first kappa shape index (κ1) is 12.5. The maximum Gasteiger partial charge on any atom is 0.0662 e. The first-order valence-electron chi connectivity index (χ1n) is 5.15. The van der Waals surface area contributed by atoms with E-state index in [-0.39, 0.29) is 12.4 Å². The molecule has 1 heterocycles. The zero-order valence-corrected chi connectivity index (χ0v) is 10.1. The van der Waals surface area contributed by atoms with E-state index in [4.69, 9.17) is 4.74 Å². The van der Waals surface area contributed by atoms with E-state index in [0.29, 0.717) is 6.04 Å². The number of hydrogen-bond acceptors (Lipinski definition) is 2. The molecule has 15 heavy (non-hydrogen) atoms. The lowest BCUT2D eigenvalue weighted by atomic mass is 9.99. The standard InChI is InChI=1S/C12H17NO.ClH/c1-9-3-4-11(10(2)7-9)12-8-14-6-5-13-12;/h3-4,7,12-13H,5-6,8H2,1-2H3;1H/t12-;/m1./s1. The van der Waals surface area contributed by atoms with Crippen molar-refractivity contribution in [3.8, 4) is 0 Å². The van der Waals surface area contributed by atoms with Crippen molar-refractivity contribution in [2.24, 2.45) is 0 Å². The van der Waals surface area contributed by atoms with Gasteiger partial charge in [-0.15, -0.1) is 12.4 Å². The van der Waals surface area contributed by atoms with Gasteiger partial charge in [0.1, 0.15) is 0 Å². The molecule has 0 spiro atoms. The second-order valence-electron chi connectivity index (χ2n) is 3.94. The van der Waals surface area contributed by atoms with Crippen LogP contribution in [0.1, 0.15) is 22.7 Å². The van der Waals surface area contributed by atoms with Crippen LogP contribution in [0.15, 0.2) is 18.2 Å². The van der Waals surface area contributed by atoms with Crippen LogP contribution in [-0.2, 0) is 4.74 Å². The van der Waals surface area contributed by atoms with E-state index in [1.807, 2.05) is 0 Å². The molecule has 1 aliphatic rings. The number of ether oxygens (including phenoxy) is 1. The zero-order chi connectivity index (χ0) is 9.97. The highest BCUT2D eigenvalue weighted by Gasteiger charge is 2.16. The normalized spacial score (nSPS) is 20.8. The van der Waals surface area contributed by atoms with Crippen LogP contribution in [0.4, 0.5) is 0 Å². The molecule has 1 aromatic rings. The van der Waals surface area contributed by atoms with Crippen molar-refractivity contribution in [1.82, 2.24) is 5.32 Å². The van der Waals surface area contributed by atoms with Crippen LogP contribution in [0, 0.1) is 13.8 Å². The minimum Gasteiger partial charge on any atom is -0.378 e. The second kappa shape index (κ2) is 5.50. The van der Waals surface area contributed by atoms with Crippen LogP contribution in [0.2, 0.25) is 0 Å². The van der Waals surface area contributed by atoms with Crippen molar-refractivity contribution >= 4 is 12.4 Å². The maximum absolute atomic E-state index is 5.46. The van der Waals surface area contributed by atoms with Gasteiger partial charge in [0.05, 0.1) is 19.3 Å². The van der Waals surface area contributed by atoms with Gasteiger partial charge in [-0.3, -0.25) is 0 Å². The fraction of sp³-hybridized carbons (Fsp3) is 0.500. The van der Waals surface area contributed by atoms with Crippen LogP contribution < -0.4 is 5.32 Å². The third kappa shape index (κ3) is 2.94. The van der Waals surface area contributed by atoms with E-state index in [1.54, 1.807) is 0 Å². The quantitative estimate of drug-likeness (QED) is 0.796. The molecular formula is C12H18ClNO. The SMILES string of the molecule is Cc1ccc([C@H]2COCCN2)c(C)c1.Cl. The minimum absolute atomic E-state index is 0. The Morgan fingerprint density at radius 2 is 2.13 bits per heavy atom. The topological polar surface area (TPSA) is 21.3 Å². The summed E-state index contributed by atoms with van der Waals surface area (Å²) in [4.78, 5) is 0. The third-order valence-corrected chi connectivity index (χ3v) is 2.72. The Hall–Kier alpha value is -0.570. The first-order valence-corrected chi connectivity index (χ1v) is 5.15. The molecule has 3 heteroatoms. The van der Waals surface area contributed by atoms with Crippen LogP contribution in [0.3, 0.4) is 0 Å². The number of aryl methyl sites for hydroxylation is 2. The molecule has 0 unspecified atom stereocenters. The molecular weight excluding hydrogens is 210 g/mol. The number of hydrogen-bond donors (Lipinski definition) is 1. The summed E-state index contributed by atoms with van der Waals surface area (Å²) in [5.74, 6) is 0. The number of halogens is 1. The van der Waals surface area contributed by atoms with Gasteiger partial charge in [-0.2, -0.15) is 0 Å². The molecule has 2 nitrogen and oxygen atoms in total. The Kier molecular flexibility index (Phi) is 4.58. The second-order valence-corrected chi connectivity index (χ2v) is 3.94. The molecule has 1 fully saturated rings. The lowest BCUT2D eigenvalue weighted by Gasteiger charge is -2.25. The van der Waals surface area contributed by atoms with Crippen molar-refractivity contribution in [2.45, 2.75) is 19.9 Å². The third-order valence-electron chi connectivity index (χ3n) is 2.72. The average molecular weight is 228 g/mol. The predicted molar refractivity (Wildman–Crippen MR) is 64.7 cm³/mol. The molecule has 0 amide bonds. The lowest BCUT2D eigenvalue weighted by Crippen LogP contribution is -2.34. The van der Waals surface area contributed by atoms with E-state index in [1.165, 1.54) is 16.7 Å². The molecule has 1 atom stereocenters. The van der Waals surface area contributed by atoms with Gasteiger partial charge < -0.3 is 10.1 Å². The molecule has 0 bridgehead atoms. The number of rotatable bonds is 1. The Bertz CT molecular complexity index is 321. The number of nitrogens with one attached hydrogen (secondary N) is 1. The zero-order valence-electron chi connectivity index (χ0n) is 9.25. The van der Waals surface area contributed by atoms with Gasteiger partial charge in [0.15, 0.2) is 0 Å². The molecule has 1 N–H and O–H groups in total. The lowest BCUT2D eigenvalue weighted by molar-refractivity contribution is 0.0767. The van der Waals surface area contributed by atoms with Crippen molar-refractivity contribution in [1.29, 1.82) is 0 Å². The van der Waals surface area contributed by atoms with Crippen LogP contribution >= 0.6 is 12.4 Å². The number of morpholine rings is 1. The fourth-order valence-electron chi connectivity index (χ4n) is 1.98. The molecule has 1 saturated heterocycles. The van der Waals surface area contributed by atoms with Crippen molar-refractivity contribution < 1.29 is 4.74 Å². The summed E-state index contributed by atoms with van der Waals surface area (Å²) < 4.78 is 5.46. The summed E-state index contributed by atoms with van der Waals surface area (Å²) in [5, 5.41) is 3.47. The Morgan fingerprint density at radius 3 is 2.73 bits per heavy atom. The minimum atomic E-state index is 0. The average Bonchev–Trinajstić information content (AvgIpc) is 2.19. The molecule has 2 rings (SSSR count). The molecule has 0 aliphatic carbocycles. The Labute approximate surface area is 97.4 Å². The van der Waals surface area contributed by atoms with E-state index >= 15 is 0 Å². The van der Waals surface area contributed by atoms with Gasteiger partial charge in [-0.1, -0.05) is 23.8 Å². The van der Waals surface area contributed by atoms with Crippen molar-refractivity contribution in [3.05, 3.63) is 34.9 Å². The van der Waals surface area contributed by atoms with E-state index in [2.05, 4.69) is 37.4 Å². The molecule has 1 aromatic carbocycles. The summed E-state index contributed by atoms with van der Waals surface area (Å²) in [5.41, 5.74) is 4.05. The highest BCUT2D eigenvalue weighted by molar-refractivity contribution is 5.85. The fourth-order valence-corrected chi connectivity index (χ4v) is 1.98. The Balaban J connectivity index is 0.00000112. The van der Waals surface area contributed by atoms with Crippen molar-refractivity contribution in [3.63, 3.8) is 0 Å². The summed E-state index contributed by atoms with van der Waals surface area (Å²) in [6.45, 7) is 6.88. The maximum atomic E-state index is 5.46. The first-order chi connectivity index (χ1) is 6.77. The van der Waals surface area contributed by atoms with Crippen LogP contribution in [-0.4, -0.2) is 19.8 Å². The summed E-state index contributed by atoms with van der Waals surface area (Å²) in [6, 6.07) is 6.98. The van der Waals surface area contributed by atoms with Gasteiger partial charge in [0.25, 0.3) is 0 Å². The predicted octanol–water partition coefficient (Wildman–Crippen LogP) is 2.39. The van der Waals surface area contributed by atoms with Gasteiger partial charge in [0, 0.05) is 6.54 Å². The molecule has 0 aromatic heterocycles. The van der Waals surface area contributed by atoms with Gasteiger partial charge in [-0.05, 0) is 25.0 Å². The smallest absolute Gasteiger partial charge is 0.0662 e. The van der Waals surface area contributed by atoms with E-state index in [0.717, 1.165) is 19.8 Å². The van der Waals surface area contributed by atoms with Gasteiger partial charge in [-0.25, -0.2) is 0 Å². The van der Waals surface area contributed by atoms with Gasteiger partial charge in [0.2, 0.25) is 0 Å². The molecule has 0 saturated carbocycles. The largest absolute Gasteiger partial charge is 0.378 e. The highest BCUT2D eigenvalue weighted by Crippen LogP contribution is 2.20. The molecule has 84 valence electrons. The molecule has 1 aliphatic heterocycles. The van der Waals surface area contributed by atoms with Gasteiger partial charge >= 0.3 is 0 Å². The highest BCUT2D eigenvalue weighted by atomic mass is 35.5. The molecule has 0 radical (unpaired) electrons. The summed E-state index contributed by atoms with van der Waals surface area (Å²) in [6.07, 6.45) is 0. The monoisotopic (exact) mass is 227 g/mol. The van der Waals surface area contributed by atoms with Crippen LogP contribution in [0.5, 0.6) is 0 Å². The van der Waals surface area contributed by atoms with Crippen LogP contribution in [0.25, 0.3) is 0 Å². The van der Waals surface area contributed by atoms with E-state index < -0.39 is 0 Å². The Morgan fingerprint density at radius 1 is 1.33 bits per heavy atom. The summed E-state index contributed by atoms with van der Waals surface area (Å²) in [7, 11) is 0. The van der Waals surface area contributed by atoms with E-state index in [9.17, 15) is 0 Å². The summed E-state index contributed by atoms with van der Waals surface area (Å²) >= 11 is 0. The van der Waals surface area contributed by atoms with Crippen molar-refractivity contribution in [2.75, 3.05) is 19.8 Å². The number of benzene rings is 1.